The van der Waals surface area contributed by atoms with Gasteiger partial charge in [-0.2, -0.15) is 0 Å². The predicted molar refractivity (Wildman–Crippen MR) is 58.4 cm³/mol. The number of hydrogen-bond acceptors (Lipinski definition) is 2. The molecular weight excluding hydrogens is 178 g/mol. The van der Waals surface area contributed by atoms with Gasteiger partial charge in [-0.1, -0.05) is 13.0 Å². The fraction of sp³-hybridized carbons (Fsp3) is 0.636. The third-order valence-electron chi connectivity index (χ3n) is 3.49. The zero-order valence-electron chi connectivity index (χ0n) is 8.34. The van der Waals surface area contributed by atoms with Crippen molar-refractivity contribution in [3.05, 3.63) is 22.4 Å². The topological polar surface area (TPSA) is 12.0 Å². The van der Waals surface area contributed by atoms with Gasteiger partial charge in [0.25, 0.3) is 0 Å². The van der Waals surface area contributed by atoms with Crippen LogP contribution in [0.2, 0.25) is 0 Å². The average molecular weight is 195 g/mol. The second kappa shape index (κ2) is 3.43. The Morgan fingerprint density at radius 1 is 1.69 bits per heavy atom. The molecule has 1 aliphatic rings. The van der Waals surface area contributed by atoms with Crippen LogP contribution < -0.4 is 5.32 Å². The van der Waals surface area contributed by atoms with Gasteiger partial charge in [0.15, 0.2) is 0 Å². The first-order chi connectivity index (χ1) is 6.29. The minimum Gasteiger partial charge on any atom is -0.313 e. The molecule has 13 heavy (non-hydrogen) atoms. The minimum absolute atomic E-state index is 0.425. The molecule has 0 aromatic carbocycles. The van der Waals surface area contributed by atoms with Crippen molar-refractivity contribution in [2.45, 2.75) is 38.1 Å². The second-order valence-electron chi connectivity index (χ2n) is 3.91. The Bertz CT molecular complexity index is 268. The van der Waals surface area contributed by atoms with Crippen LogP contribution in [0.15, 0.2) is 17.5 Å². The number of nitrogens with one attached hydrogen (secondary N) is 1. The first-order valence-electron chi connectivity index (χ1n) is 5.07. The Balaban J connectivity index is 2.35. The van der Waals surface area contributed by atoms with Crippen molar-refractivity contribution in [1.29, 1.82) is 0 Å². The molecule has 2 heteroatoms. The summed E-state index contributed by atoms with van der Waals surface area (Å²) in [5, 5.41) is 5.75. The largest absolute Gasteiger partial charge is 0.313 e. The van der Waals surface area contributed by atoms with Crippen molar-refractivity contribution in [3.63, 3.8) is 0 Å². The van der Waals surface area contributed by atoms with E-state index < -0.39 is 0 Å². The molecule has 2 heterocycles. The smallest absolute Gasteiger partial charge is 0.0207 e. The Labute approximate surface area is 84.2 Å². The fourth-order valence-corrected chi connectivity index (χ4v) is 3.60. The Morgan fingerprint density at radius 2 is 2.54 bits per heavy atom. The molecule has 2 atom stereocenters. The van der Waals surface area contributed by atoms with Gasteiger partial charge in [0, 0.05) is 16.3 Å². The molecule has 1 fully saturated rings. The van der Waals surface area contributed by atoms with Gasteiger partial charge in [0.1, 0.15) is 0 Å². The van der Waals surface area contributed by atoms with Crippen molar-refractivity contribution in [2.75, 3.05) is 6.54 Å². The van der Waals surface area contributed by atoms with E-state index in [0.29, 0.717) is 11.5 Å². The lowest BCUT2D eigenvalue weighted by Gasteiger charge is -2.31. The molecular formula is C11H17NS. The van der Waals surface area contributed by atoms with Crippen molar-refractivity contribution < 1.29 is 0 Å². The third kappa shape index (κ3) is 1.32. The van der Waals surface area contributed by atoms with Crippen LogP contribution in [-0.4, -0.2) is 12.6 Å². The fourth-order valence-electron chi connectivity index (χ4n) is 2.48. The van der Waals surface area contributed by atoms with Gasteiger partial charge in [0.2, 0.25) is 0 Å². The van der Waals surface area contributed by atoms with Crippen molar-refractivity contribution >= 4 is 11.3 Å². The quantitative estimate of drug-likeness (QED) is 0.765. The molecule has 2 rings (SSSR count). The van der Waals surface area contributed by atoms with E-state index in [-0.39, 0.29) is 0 Å². The molecule has 0 amide bonds. The van der Waals surface area contributed by atoms with E-state index in [0.717, 1.165) is 0 Å². The zero-order chi connectivity index (χ0) is 9.31. The summed E-state index contributed by atoms with van der Waals surface area (Å²) in [5.41, 5.74) is 0.425. The van der Waals surface area contributed by atoms with Gasteiger partial charge in [0.05, 0.1) is 0 Å². The van der Waals surface area contributed by atoms with Gasteiger partial charge in [-0.05, 0) is 37.8 Å². The first kappa shape index (κ1) is 9.22. The van der Waals surface area contributed by atoms with Crippen molar-refractivity contribution in [1.82, 2.24) is 5.32 Å². The monoisotopic (exact) mass is 195 g/mol. The lowest BCUT2D eigenvalue weighted by atomic mass is 9.77. The molecule has 1 nitrogen and oxygen atoms in total. The average Bonchev–Trinajstić information content (AvgIpc) is 2.73. The molecule has 0 spiro atoms. The summed E-state index contributed by atoms with van der Waals surface area (Å²) in [5.74, 6) is 0. The van der Waals surface area contributed by atoms with Gasteiger partial charge >= 0.3 is 0 Å². The van der Waals surface area contributed by atoms with Crippen LogP contribution in [0.25, 0.3) is 0 Å². The first-order valence-corrected chi connectivity index (χ1v) is 5.95. The summed E-state index contributed by atoms with van der Waals surface area (Å²) in [6.07, 6.45) is 2.55. The molecule has 1 N–H and O–H groups in total. The van der Waals surface area contributed by atoms with E-state index in [1.165, 1.54) is 19.4 Å². The summed E-state index contributed by atoms with van der Waals surface area (Å²) in [7, 11) is 0. The highest BCUT2D eigenvalue weighted by Crippen LogP contribution is 2.40. The summed E-state index contributed by atoms with van der Waals surface area (Å²) in [6.45, 7) is 5.80. The Kier molecular flexibility index (Phi) is 2.43. The van der Waals surface area contributed by atoms with E-state index in [4.69, 9.17) is 0 Å². The molecule has 0 aliphatic carbocycles. The summed E-state index contributed by atoms with van der Waals surface area (Å²) < 4.78 is 0. The molecule has 2 unspecified atom stereocenters. The minimum atomic E-state index is 0.425. The summed E-state index contributed by atoms with van der Waals surface area (Å²) in [4.78, 5) is 1.56. The normalized spacial score (nSPS) is 33.8. The molecule has 1 aromatic rings. The van der Waals surface area contributed by atoms with Crippen LogP contribution in [-0.2, 0) is 5.41 Å². The zero-order valence-corrected chi connectivity index (χ0v) is 9.16. The highest BCUT2D eigenvalue weighted by molar-refractivity contribution is 7.10. The van der Waals surface area contributed by atoms with E-state index in [2.05, 4.69) is 36.7 Å². The lowest BCUT2D eigenvalue weighted by molar-refractivity contribution is 0.382. The van der Waals surface area contributed by atoms with Gasteiger partial charge in [-0.3, -0.25) is 0 Å². The summed E-state index contributed by atoms with van der Waals surface area (Å²) in [6, 6.07) is 5.09. The highest BCUT2D eigenvalue weighted by Gasteiger charge is 2.40. The maximum atomic E-state index is 3.56. The SMILES string of the molecule is CCC1(c2cccs2)CCNC1C. The van der Waals surface area contributed by atoms with Gasteiger partial charge in [-0.15, -0.1) is 11.3 Å². The van der Waals surface area contributed by atoms with Crippen molar-refractivity contribution in [2.24, 2.45) is 0 Å². The third-order valence-corrected chi connectivity index (χ3v) is 4.58. The lowest BCUT2D eigenvalue weighted by Crippen LogP contribution is -2.36. The number of rotatable bonds is 2. The van der Waals surface area contributed by atoms with Crippen LogP contribution in [0.4, 0.5) is 0 Å². The van der Waals surface area contributed by atoms with Crippen LogP contribution in [0.5, 0.6) is 0 Å². The van der Waals surface area contributed by atoms with Crippen LogP contribution >= 0.6 is 11.3 Å². The maximum absolute atomic E-state index is 3.56. The standard InChI is InChI=1S/C11H17NS/c1-3-11(6-7-12-9(11)2)10-5-4-8-13-10/h4-5,8-9,12H,3,6-7H2,1-2H3. The van der Waals surface area contributed by atoms with E-state index in [9.17, 15) is 0 Å². The van der Waals surface area contributed by atoms with E-state index >= 15 is 0 Å². The number of thiophene rings is 1. The van der Waals surface area contributed by atoms with Crippen molar-refractivity contribution in [3.8, 4) is 0 Å². The highest BCUT2D eigenvalue weighted by atomic mass is 32.1. The van der Waals surface area contributed by atoms with Crippen LogP contribution in [0.3, 0.4) is 0 Å². The molecule has 0 radical (unpaired) electrons. The Morgan fingerprint density at radius 3 is 3.00 bits per heavy atom. The molecule has 0 saturated carbocycles. The Hall–Kier alpha value is -0.340. The molecule has 1 aliphatic heterocycles. The second-order valence-corrected chi connectivity index (χ2v) is 4.86. The van der Waals surface area contributed by atoms with Gasteiger partial charge < -0.3 is 5.32 Å². The van der Waals surface area contributed by atoms with E-state index in [1.54, 1.807) is 4.88 Å². The van der Waals surface area contributed by atoms with Crippen LogP contribution in [0, 0.1) is 0 Å². The maximum Gasteiger partial charge on any atom is 0.0207 e. The number of hydrogen-bond donors (Lipinski definition) is 1. The predicted octanol–water partition coefficient (Wildman–Crippen LogP) is 2.78. The van der Waals surface area contributed by atoms with E-state index in [1.807, 2.05) is 11.3 Å². The molecule has 0 bridgehead atoms. The molecule has 1 aromatic heterocycles. The summed E-state index contributed by atoms with van der Waals surface area (Å²) >= 11 is 1.91. The molecule has 72 valence electrons. The molecule has 1 saturated heterocycles. The van der Waals surface area contributed by atoms with Gasteiger partial charge in [-0.25, -0.2) is 0 Å². The van der Waals surface area contributed by atoms with Crippen LogP contribution in [0.1, 0.15) is 31.6 Å².